The average molecular weight is 560 g/mol. The number of nitrogens with zero attached hydrogens (tertiary/aromatic N) is 5. The van der Waals surface area contributed by atoms with E-state index in [-0.39, 0.29) is 33.8 Å². The number of hydrogen-bond donors (Lipinski definition) is 2. The van der Waals surface area contributed by atoms with Crippen LogP contribution < -0.4 is 15.8 Å². The summed E-state index contributed by atoms with van der Waals surface area (Å²) in [6.45, 7) is 3.81. The van der Waals surface area contributed by atoms with Crippen LogP contribution in [0.1, 0.15) is 15.9 Å². The lowest BCUT2D eigenvalue weighted by Gasteiger charge is -2.26. The van der Waals surface area contributed by atoms with Gasteiger partial charge in [-0.25, -0.2) is 18.9 Å². The van der Waals surface area contributed by atoms with Crippen molar-refractivity contribution in [3.8, 4) is 28.3 Å². The van der Waals surface area contributed by atoms with E-state index in [4.69, 9.17) is 15.2 Å². The third-order valence-electron chi connectivity index (χ3n) is 6.51. The van der Waals surface area contributed by atoms with Crippen molar-refractivity contribution in [1.29, 1.82) is 0 Å². The third kappa shape index (κ3) is 5.53. The zero-order valence-corrected chi connectivity index (χ0v) is 21.3. The SMILES string of the molecule is COc1cc(-c2cnc3ccc(-c4cnc(N)c(C(F)(F)F)c4)nn23)c(F)cc1C(=O)NCCN1CCOCC1. The molecule has 0 bridgehead atoms. The van der Waals surface area contributed by atoms with Crippen LogP contribution in [0.3, 0.4) is 0 Å². The van der Waals surface area contributed by atoms with Crippen molar-refractivity contribution < 1.29 is 31.8 Å². The van der Waals surface area contributed by atoms with Crippen molar-refractivity contribution in [2.24, 2.45) is 0 Å². The van der Waals surface area contributed by atoms with Crippen molar-refractivity contribution in [3.63, 3.8) is 0 Å². The van der Waals surface area contributed by atoms with Gasteiger partial charge in [0, 0.05) is 43.5 Å². The lowest BCUT2D eigenvalue weighted by Crippen LogP contribution is -2.41. The molecular weight excluding hydrogens is 534 g/mol. The number of fused-ring (bicyclic) bond motifs is 1. The van der Waals surface area contributed by atoms with E-state index in [2.05, 4.69) is 25.3 Å². The van der Waals surface area contributed by atoms with E-state index < -0.39 is 29.3 Å². The number of carbonyl (C=O) groups excluding carboxylic acids is 1. The molecule has 10 nitrogen and oxygen atoms in total. The molecule has 0 aliphatic carbocycles. The minimum Gasteiger partial charge on any atom is -0.496 e. The molecule has 0 saturated carbocycles. The highest BCUT2D eigenvalue weighted by Gasteiger charge is 2.34. The molecule has 4 aromatic rings. The number of aromatic nitrogens is 4. The summed E-state index contributed by atoms with van der Waals surface area (Å²) < 4.78 is 67.4. The standard InChI is InChI=1S/C26H25F4N7O3/c1-39-22-12-16(19(27)11-17(22)25(38)32-4-5-36-6-8-40-9-7-36)21-14-33-23-3-2-20(35-37(21)23)15-10-18(26(28,29)30)24(31)34-13-15/h2-3,10-14H,4-9H2,1H3,(H2,31,34)(H,32,38). The highest BCUT2D eigenvalue weighted by atomic mass is 19.4. The predicted octanol–water partition coefficient (Wildman–Crippen LogP) is 3.27. The summed E-state index contributed by atoms with van der Waals surface area (Å²) in [4.78, 5) is 22.9. The van der Waals surface area contributed by atoms with Crippen LogP contribution in [0.15, 0.2) is 42.7 Å². The summed E-state index contributed by atoms with van der Waals surface area (Å²) in [6, 6.07) is 6.28. The second kappa shape index (κ2) is 11.1. The first-order valence-corrected chi connectivity index (χ1v) is 12.3. The normalized spacial score (nSPS) is 14.4. The summed E-state index contributed by atoms with van der Waals surface area (Å²) in [6.07, 6.45) is -2.16. The number of carbonyl (C=O) groups is 1. The lowest BCUT2D eigenvalue weighted by atomic mass is 10.1. The van der Waals surface area contributed by atoms with Gasteiger partial charge >= 0.3 is 6.18 Å². The number of nitrogens with one attached hydrogen (secondary N) is 1. The topological polar surface area (TPSA) is 120 Å². The summed E-state index contributed by atoms with van der Waals surface area (Å²) in [5.74, 6) is -1.75. The molecule has 1 aliphatic heterocycles. The van der Waals surface area contributed by atoms with E-state index in [1.54, 1.807) is 0 Å². The van der Waals surface area contributed by atoms with Crippen molar-refractivity contribution in [1.82, 2.24) is 29.8 Å². The smallest absolute Gasteiger partial charge is 0.419 e. The molecule has 3 N–H and O–H groups in total. The molecule has 0 unspecified atom stereocenters. The number of benzene rings is 1. The Labute approximate surface area is 225 Å². The fourth-order valence-corrected chi connectivity index (χ4v) is 4.40. The van der Waals surface area contributed by atoms with Gasteiger partial charge in [-0.05, 0) is 30.3 Å². The van der Waals surface area contributed by atoms with Crippen molar-refractivity contribution in [2.45, 2.75) is 6.18 Å². The average Bonchev–Trinajstić information content (AvgIpc) is 3.36. The Balaban J connectivity index is 1.44. The van der Waals surface area contributed by atoms with Crippen LogP contribution in [0, 0.1) is 5.82 Å². The minimum absolute atomic E-state index is 0.0147. The van der Waals surface area contributed by atoms with Crippen LogP contribution in [-0.4, -0.2) is 76.9 Å². The molecule has 40 heavy (non-hydrogen) atoms. The Morgan fingerprint density at radius 1 is 1.15 bits per heavy atom. The second-order valence-corrected chi connectivity index (χ2v) is 9.03. The van der Waals surface area contributed by atoms with Crippen molar-refractivity contribution in [2.75, 3.05) is 52.2 Å². The maximum atomic E-state index is 15.4. The maximum Gasteiger partial charge on any atom is 0.419 e. The zero-order chi connectivity index (χ0) is 28.4. The molecule has 0 spiro atoms. The molecule has 1 saturated heterocycles. The van der Waals surface area contributed by atoms with Crippen LogP contribution in [0.4, 0.5) is 23.4 Å². The number of amides is 1. The molecule has 1 fully saturated rings. The van der Waals surface area contributed by atoms with E-state index >= 15 is 4.39 Å². The van der Waals surface area contributed by atoms with Gasteiger partial charge in [-0.2, -0.15) is 18.3 Å². The lowest BCUT2D eigenvalue weighted by molar-refractivity contribution is -0.137. The summed E-state index contributed by atoms with van der Waals surface area (Å²) in [7, 11) is 1.36. The first kappa shape index (κ1) is 27.3. The second-order valence-electron chi connectivity index (χ2n) is 9.03. The first-order chi connectivity index (χ1) is 19.2. The number of halogens is 4. The van der Waals surface area contributed by atoms with Crippen molar-refractivity contribution in [3.05, 3.63) is 59.7 Å². The number of hydrogen-bond acceptors (Lipinski definition) is 8. The number of pyridine rings is 1. The quantitative estimate of drug-likeness (QED) is 0.331. The molecule has 3 aromatic heterocycles. The Bertz CT molecular complexity index is 1550. The molecular formula is C26H25F4N7O3. The number of ether oxygens (including phenoxy) is 2. The Morgan fingerprint density at radius 2 is 1.93 bits per heavy atom. The number of alkyl halides is 3. The Hall–Kier alpha value is -4.30. The number of nitrogens with two attached hydrogens (primary N) is 1. The van der Waals surface area contributed by atoms with Gasteiger partial charge in [-0.3, -0.25) is 9.69 Å². The van der Waals surface area contributed by atoms with Crippen LogP contribution in [0.2, 0.25) is 0 Å². The Morgan fingerprint density at radius 3 is 2.65 bits per heavy atom. The van der Waals surface area contributed by atoms with Crippen LogP contribution in [0.25, 0.3) is 28.2 Å². The molecule has 210 valence electrons. The van der Waals surface area contributed by atoms with Gasteiger partial charge < -0.3 is 20.5 Å². The maximum absolute atomic E-state index is 15.4. The molecule has 1 aromatic carbocycles. The van der Waals surface area contributed by atoms with E-state index in [1.807, 2.05) is 0 Å². The van der Waals surface area contributed by atoms with E-state index in [0.29, 0.717) is 32.0 Å². The minimum atomic E-state index is -4.70. The van der Waals surface area contributed by atoms with Crippen LogP contribution in [0.5, 0.6) is 5.75 Å². The van der Waals surface area contributed by atoms with Gasteiger partial charge in [0.25, 0.3) is 5.91 Å². The molecule has 4 heterocycles. The fourth-order valence-electron chi connectivity index (χ4n) is 4.40. The molecule has 1 aliphatic rings. The number of rotatable bonds is 7. The summed E-state index contributed by atoms with van der Waals surface area (Å²) >= 11 is 0. The van der Waals surface area contributed by atoms with E-state index in [9.17, 15) is 18.0 Å². The Kier molecular flexibility index (Phi) is 7.54. The van der Waals surface area contributed by atoms with E-state index in [1.165, 1.54) is 42.2 Å². The predicted molar refractivity (Wildman–Crippen MR) is 137 cm³/mol. The molecule has 0 atom stereocenters. The van der Waals surface area contributed by atoms with Gasteiger partial charge in [0.2, 0.25) is 0 Å². The van der Waals surface area contributed by atoms with Gasteiger partial charge in [0.05, 0.1) is 49.0 Å². The van der Waals surface area contributed by atoms with Gasteiger partial charge in [0.15, 0.2) is 5.65 Å². The highest BCUT2D eigenvalue weighted by Crippen LogP contribution is 2.35. The molecule has 0 radical (unpaired) electrons. The number of imidazole rings is 1. The first-order valence-electron chi connectivity index (χ1n) is 12.3. The zero-order valence-electron chi connectivity index (χ0n) is 21.3. The van der Waals surface area contributed by atoms with Gasteiger partial charge in [-0.1, -0.05) is 0 Å². The molecule has 1 amide bonds. The number of anilines is 1. The van der Waals surface area contributed by atoms with Gasteiger partial charge in [0.1, 0.15) is 17.4 Å². The van der Waals surface area contributed by atoms with Gasteiger partial charge in [-0.15, -0.1) is 0 Å². The number of morpholine rings is 1. The van der Waals surface area contributed by atoms with Crippen LogP contribution in [-0.2, 0) is 10.9 Å². The summed E-state index contributed by atoms with van der Waals surface area (Å²) in [5, 5.41) is 7.16. The monoisotopic (exact) mass is 559 g/mol. The highest BCUT2D eigenvalue weighted by molar-refractivity contribution is 5.97. The van der Waals surface area contributed by atoms with Crippen molar-refractivity contribution >= 4 is 17.4 Å². The number of nitrogen functional groups attached to an aromatic ring is 1. The fraction of sp³-hybridized carbons (Fsp3) is 0.308. The third-order valence-corrected chi connectivity index (χ3v) is 6.51. The molecule has 14 heteroatoms. The van der Waals surface area contributed by atoms with E-state index in [0.717, 1.165) is 25.2 Å². The largest absolute Gasteiger partial charge is 0.496 e. The molecule has 5 rings (SSSR count). The summed E-state index contributed by atoms with van der Waals surface area (Å²) in [5.41, 5.74) is 5.08. The van der Waals surface area contributed by atoms with Crippen LogP contribution >= 0.6 is 0 Å². The number of methoxy groups -OCH3 is 1.